The lowest BCUT2D eigenvalue weighted by atomic mass is 10.0. The third kappa shape index (κ3) is 5.14. The Labute approximate surface area is 165 Å². The average molecular weight is 390 g/mol. The smallest absolute Gasteiger partial charge is 0.224 e. The summed E-state index contributed by atoms with van der Waals surface area (Å²) in [5.41, 5.74) is 2.06. The first kappa shape index (κ1) is 20.0. The van der Waals surface area contributed by atoms with Crippen molar-refractivity contribution in [3.05, 3.63) is 51.7 Å². The molecule has 3 rings (SSSR count). The predicted octanol–water partition coefficient (Wildman–Crippen LogP) is 4.10. The number of thiazole rings is 1. The van der Waals surface area contributed by atoms with Crippen LogP contribution < -0.4 is 0 Å². The molecule has 0 radical (unpaired) electrons. The lowest BCUT2D eigenvalue weighted by Crippen LogP contribution is -2.45. The van der Waals surface area contributed by atoms with E-state index in [2.05, 4.69) is 36.0 Å². The van der Waals surface area contributed by atoms with E-state index in [0.717, 1.165) is 42.3 Å². The second-order valence-electron chi connectivity index (χ2n) is 7.53. The van der Waals surface area contributed by atoms with Crippen molar-refractivity contribution in [3.63, 3.8) is 0 Å². The lowest BCUT2D eigenvalue weighted by molar-refractivity contribution is -0.134. The number of carbonyl (C=O) groups is 1. The highest BCUT2D eigenvalue weighted by molar-refractivity contribution is 7.09. The molecule has 1 amide bonds. The Morgan fingerprint density at radius 3 is 2.63 bits per heavy atom. The van der Waals surface area contributed by atoms with Crippen molar-refractivity contribution in [2.45, 2.75) is 52.7 Å². The summed E-state index contributed by atoms with van der Waals surface area (Å²) in [6, 6.07) is 6.59. The minimum atomic E-state index is -0.248. The van der Waals surface area contributed by atoms with Crippen LogP contribution in [0, 0.1) is 11.7 Å². The zero-order valence-corrected chi connectivity index (χ0v) is 17.1. The van der Waals surface area contributed by atoms with Gasteiger partial charge in [0.15, 0.2) is 0 Å². The van der Waals surface area contributed by atoms with Crippen LogP contribution in [0.1, 0.15) is 43.5 Å². The number of rotatable bonds is 6. The van der Waals surface area contributed by atoms with E-state index in [1.165, 1.54) is 12.1 Å². The van der Waals surface area contributed by atoms with Gasteiger partial charge in [-0.15, -0.1) is 11.3 Å². The molecule has 1 atom stereocenters. The van der Waals surface area contributed by atoms with Gasteiger partial charge in [-0.1, -0.05) is 32.9 Å². The summed E-state index contributed by atoms with van der Waals surface area (Å²) < 4.78 is 13.2. The molecule has 27 heavy (non-hydrogen) atoms. The van der Waals surface area contributed by atoms with E-state index in [4.69, 9.17) is 0 Å². The molecule has 1 aliphatic heterocycles. The van der Waals surface area contributed by atoms with Crippen molar-refractivity contribution >= 4 is 17.2 Å². The fourth-order valence-electron chi connectivity index (χ4n) is 3.56. The van der Waals surface area contributed by atoms with Gasteiger partial charge in [-0.2, -0.15) is 0 Å². The minimum absolute atomic E-state index is 0.134. The molecule has 1 aliphatic rings. The van der Waals surface area contributed by atoms with Gasteiger partial charge in [0.05, 0.1) is 10.7 Å². The molecule has 0 bridgehead atoms. The van der Waals surface area contributed by atoms with E-state index in [-0.39, 0.29) is 17.8 Å². The highest BCUT2D eigenvalue weighted by atomic mass is 32.1. The largest absolute Gasteiger partial charge is 0.334 e. The van der Waals surface area contributed by atoms with Crippen LogP contribution in [0.5, 0.6) is 0 Å². The first-order valence-electron chi connectivity index (χ1n) is 9.65. The molecule has 0 aliphatic carbocycles. The highest BCUT2D eigenvalue weighted by Gasteiger charge is 2.31. The number of nitrogens with zero attached hydrogens (tertiary/aromatic N) is 3. The summed E-state index contributed by atoms with van der Waals surface area (Å²) in [4.78, 5) is 21.9. The topological polar surface area (TPSA) is 36.4 Å². The monoisotopic (exact) mass is 389 g/mol. The third-order valence-electron chi connectivity index (χ3n) is 5.13. The molecule has 2 heterocycles. The fourth-order valence-corrected chi connectivity index (χ4v) is 4.29. The molecule has 146 valence electrons. The number of aryl methyl sites for hydroxylation is 1. The van der Waals surface area contributed by atoms with E-state index < -0.39 is 0 Å². The number of hydrogen-bond donors (Lipinski definition) is 0. The molecule has 4 nitrogen and oxygen atoms in total. The maximum Gasteiger partial charge on any atom is 0.224 e. The maximum absolute atomic E-state index is 13.2. The predicted molar refractivity (Wildman–Crippen MR) is 107 cm³/mol. The van der Waals surface area contributed by atoms with Gasteiger partial charge in [-0.3, -0.25) is 9.69 Å². The number of halogens is 1. The van der Waals surface area contributed by atoms with Crippen LogP contribution in [0.2, 0.25) is 0 Å². The normalized spacial score (nSPS) is 18.9. The van der Waals surface area contributed by atoms with E-state index in [9.17, 15) is 9.18 Å². The zero-order chi connectivity index (χ0) is 19.4. The molecule has 2 aromatic rings. The Bertz CT molecular complexity index is 759. The molecule has 0 saturated carbocycles. The van der Waals surface area contributed by atoms with E-state index in [0.29, 0.717) is 18.9 Å². The Morgan fingerprint density at radius 1 is 1.26 bits per heavy atom. The molecule has 0 N–H and O–H groups in total. The van der Waals surface area contributed by atoms with Crippen molar-refractivity contribution in [1.82, 2.24) is 14.8 Å². The molecule has 1 saturated heterocycles. The van der Waals surface area contributed by atoms with E-state index in [1.807, 2.05) is 4.90 Å². The minimum Gasteiger partial charge on any atom is -0.334 e. The van der Waals surface area contributed by atoms with Gasteiger partial charge in [-0.05, 0) is 30.0 Å². The first-order valence-corrected chi connectivity index (χ1v) is 10.5. The van der Waals surface area contributed by atoms with Crippen LogP contribution in [-0.4, -0.2) is 39.8 Å². The number of benzene rings is 1. The van der Waals surface area contributed by atoms with E-state index in [1.54, 1.807) is 23.5 Å². The standard InChI is InChI=1S/C21H28FN3OS/c1-4-20-23-18(14-27-20)12-24-10-9-21(26)25(19(13-24)15(2)3)11-16-5-7-17(22)8-6-16/h5-8,14-15,19H,4,9-13H2,1-3H3. The molecular formula is C21H28FN3OS. The second-order valence-corrected chi connectivity index (χ2v) is 8.47. The molecule has 6 heteroatoms. The van der Waals surface area contributed by atoms with Gasteiger partial charge in [0.1, 0.15) is 5.82 Å². The van der Waals surface area contributed by atoms with Crippen molar-refractivity contribution in [2.75, 3.05) is 13.1 Å². The lowest BCUT2D eigenvalue weighted by Gasteiger charge is -2.34. The van der Waals surface area contributed by atoms with Gasteiger partial charge >= 0.3 is 0 Å². The van der Waals surface area contributed by atoms with E-state index >= 15 is 0 Å². The molecule has 1 fully saturated rings. The summed E-state index contributed by atoms with van der Waals surface area (Å²) in [5.74, 6) is 0.270. The highest BCUT2D eigenvalue weighted by Crippen LogP contribution is 2.22. The molecule has 1 unspecified atom stereocenters. The average Bonchev–Trinajstić information content (AvgIpc) is 3.04. The SMILES string of the molecule is CCc1nc(CN2CCC(=O)N(Cc3ccc(F)cc3)C(C(C)C)C2)cs1. The quantitative estimate of drug-likeness (QED) is 0.746. The Morgan fingerprint density at radius 2 is 2.00 bits per heavy atom. The summed E-state index contributed by atoms with van der Waals surface area (Å²) in [7, 11) is 0. The van der Waals surface area contributed by atoms with Gasteiger partial charge in [0, 0.05) is 44.0 Å². The van der Waals surface area contributed by atoms with Crippen molar-refractivity contribution < 1.29 is 9.18 Å². The number of hydrogen-bond acceptors (Lipinski definition) is 4. The van der Waals surface area contributed by atoms with Gasteiger partial charge in [0.25, 0.3) is 0 Å². The number of amides is 1. The second kappa shape index (κ2) is 8.93. The van der Waals surface area contributed by atoms with Crippen LogP contribution in [0.15, 0.2) is 29.6 Å². The molecule has 1 aromatic heterocycles. The maximum atomic E-state index is 13.2. The van der Waals surface area contributed by atoms with Gasteiger partial charge in [0.2, 0.25) is 5.91 Å². The van der Waals surface area contributed by atoms with Gasteiger partial charge in [-0.25, -0.2) is 9.37 Å². The summed E-state index contributed by atoms with van der Waals surface area (Å²) in [6.07, 6.45) is 1.47. The van der Waals surface area contributed by atoms with Crippen LogP contribution in [-0.2, 0) is 24.3 Å². The van der Waals surface area contributed by atoms with Crippen LogP contribution in [0.25, 0.3) is 0 Å². The Balaban J connectivity index is 1.74. The van der Waals surface area contributed by atoms with Crippen LogP contribution >= 0.6 is 11.3 Å². The summed E-state index contributed by atoms with van der Waals surface area (Å²) in [5, 5.41) is 3.29. The number of carbonyl (C=O) groups excluding carboxylic acids is 1. The number of aromatic nitrogens is 1. The molecule has 0 spiro atoms. The van der Waals surface area contributed by atoms with Crippen LogP contribution in [0.3, 0.4) is 0 Å². The van der Waals surface area contributed by atoms with Crippen molar-refractivity contribution in [1.29, 1.82) is 0 Å². The van der Waals surface area contributed by atoms with Crippen molar-refractivity contribution in [3.8, 4) is 0 Å². The van der Waals surface area contributed by atoms with Gasteiger partial charge < -0.3 is 4.90 Å². The van der Waals surface area contributed by atoms with Crippen molar-refractivity contribution in [2.24, 2.45) is 5.92 Å². The summed E-state index contributed by atoms with van der Waals surface area (Å²) >= 11 is 1.71. The Kier molecular flexibility index (Phi) is 6.60. The third-order valence-corrected chi connectivity index (χ3v) is 6.17. The molecular weight excluding hydrogens is 361 g/mol. The Hall–Kier alpha value is -1.79. The molecule has 1 aromatic carbocycles. The first-order chi connectivity index (χ1) is 13.0. The fraction of sp³-hybridized carbons (Fsp3) is 0.524. The summed E-state index contributed by atoms with van der Waals surface area (Å²) in [6.45, 7) is 9.36. The zero-order valence-electron chi connectivity index (χ0n) is 16.3. The van der Waals surface area contributed by atoms with Crippen LogP contribution in [0.4, 0.5) is 4.39 Å².